The SMILES string of the molecule is CCCCN=C=O.CCCCNC(=O)N(CCO[C@@H]1CCC[C@H](OCc2cccc(C)c2C(=O)O)C1)CC(C)(C)C. The predicted molar refractivity (Wildman–Crippen MR) is 162 cm³/mol. The zero-order chi connectivity index (χ0) is 30.7. The number of carbonyl (C=O) groups is 2. The van der Waals surface area contributed by atoms with E-state index in [1.54, 1.807) is 0 Å². The molecule has 2 N–H and O–H groups in total. The van der Waals surface area contributed by atoms with Crippen LogP contribution in [0.25, 0.3) is 0 Å². The van der Waals surface area contributed by atoms with Gasteiger partial charge in [0.1, 0.15) is 0 Å². The average Bonchev–Trinajstić information content (AvgIpc) is 2.91. The minimum absolute atomic E-state index is 0.0104. The summed E-state index contributed by atoms with van der Waals surface area (Å²) in [5, 5.41) is 12.5. The van der Waals surface area contributed by atoms with Gasteiger partial charge in [-0.3, -0.25) is 0 Å². The third-order valence-corrected chi connectivity index (χ3v) is 6.79. The zero-order valence-electron chi connectivity index (χ0n) is 26.2. The highest BCUT2D eigenvalue weighted by Crippen LogP contribution is 2.26. The van der Waals surface area contributed by atoms with Crippen molar-refractivity contribution in [2.24, 2.45) is 10.4 Å². The number of carboxylic acids is 1. The van der Waals surface area contributed by atoms with E-state index in [-0.39, 0.29) is 30.3 Å². The van der Waals surface area contributed by atoms with Crippen molar-refractivity contribution in [2.75, 3.05) is 32.8 Å². The number of isocyanates is 1. The number of amides is 2. The molecule has 9 nitrogen and oxygen atoms in total. The minimum atomic E-state index is -0.917. The highest BCUT2D eigenvalue weighted by molar-refractivity contribution is 5.91. The molecular weight excluding hydrogens is 522 g/mol. The van der Waals surface area contributed by atoms with Gasteiger partial charge in [-0.2, -0.15) is 0 Å². The van der Waals surface area contributed by atoms with Gasteiger partial charge in [0.25, 0.3) is 0 Å². The summed E-state index contributed by atoms with van der Waals surface area (Å²) in [6.45, 7) is 15.7. The number of rotatable bonds is 15. The number of urea groups is 1. The van der Waals surface area contributed by atoms with Crippen LogP contribution in [0.4, 0.5) is 4.79 Å². The fraction of sp³-hybridized carbons (Fsp3) is 0.719. The van der Waals surface area contributed by atoms with E-state index in [9.17, 15) is 19.5 Å². The van der Waals surface area contributed by atoms with Crippen molar-refractivity contribution in [3.63, 3.8) is 0 Å². The summed E-state index contributed by atoms with van der Waals surface area (Å²) in [5.41, 5.74) is 1.80. The Kier molecular flexibility index (Phi) is 17.9. The van der Waals surface area contributed by atoms with Crippen LogP contribution < -0.4 is 5.32 Å². The van der Waals surface area contributed by atoms with Crippen molar-refractivity contribution in [1.29, 1.82) is 0 Å². The lowest BCUT2D eigenvalue weighted by Gasteiger charge is -2.32. The van der Waals surface area contributed by atoms with Gasteiger partial charge < -0.3 is 24.8 Å². The van der Waals surface area contributed by atoms with E-state index >= 15 is 0 Å². The van der Waals surface area contributed by atoms with Crippen LogP contribution in [0.15, 0.2) is 23.2 Å². The largest absolute Gasteiger partial charge is 0.478 e. The Hall–Kier alpha value is -2.74. The van der Waals surface area contributed by atoms with E-state index in [4.69, 9.17) is 9.47 Å². The van der Waals surface area contributed by atoms with Gasteiger partial charge >= 0.3 is 12.0 Å². The lowest BCUT2D eigenvalue weighted by molar-refractivity contribution is -0.0529. The first-order chi connectivity index (χ1) is 19.5. The molecule has 1 saturated carbocycles. The predicted octanol–water partition coefficient (Wildman–Crippen LogP) is 6.52. The molecule has 2 atom stereocenters. The summed E-state index contributed by atoms with van der Waals surface area (Å²) in [6, 6.07) is 5.48. The number of benzene rings is 1. The number of unbranched alkanes of at least 4 members (excludes halogenated alkanes) is 2. The quantitative estimate of drug-likeness (QED) is 0.140. The second kappa shape index (κ2) is 20.2. The Morgan fingerprint density at radius 3 is 2.41 bits per heavy atom. The molecule has 0 saturated heterocycles. The van der Waals surface area contributed by atoms with Crippen LogP contribution in [0.3, 0.4) is 0 Å². The third-order valence-electron chi connectivity index (χ3n) is 6.79. The van der Waals surface area contributed by atoms with Crippen molar-refractivity contribution in [2.45, 2.75) is 112 Å². The second-order valence-corrected chi connectivity index (χ2v) is 11.9. The first-order valence-electron chi connectivity index (χ1n) is 15.1. The maximum absolute atomic E-state index is 12.6. The van der Waals surface area contributed by atoms with Gasteiger partial charge in [0.15, 0.2) is 0 Å². The molecule has 232 valence electrons. The number of aromatic carboxylic acids is 1. The summed E-state index contributed by atoms with van der Waals surface area (Å²) >= 11 is 0. The maximum Gasteiger partial charge on any atom is 0.336 e. The normalized spacial score (nSPS) is 16.6. The summed E-state index contributed by atoms with van der Waals surface area (Å²) in [5.74, 6) is -0.917. The van der Waals surface area contributed by atoms with Crippen LogP contribution in [0.1, 0.15) is 107 Å². The highest BCUT2D eigenvalue weighted by atomic mass is 16.5. The number of carboxylic acid groups (broad SMARTS) is 1. The van der Waals surface area contributed by atoms with E-state index in [1.807, 2.05) is 30.0 Å². The molecule has 1 aromatic rings. The van der Waals surface area contributed by atoms with Crippen LogP contribution in [0.2, 0.25) is 0 Å². The first-order valence-corrected chi connectivity index (χ1v) is 15.1. The Balaban J connectivity index is 0.00000106. The summed E-state index contributed by atoms with van der Waals surface area (Å²) in [4.78, 5) is 38.9. The third kappa shape index (κ3) is 15.7. The number of hydrogen-bond donors (Lipinski definition) is 2. The Morgan fingerprint density at radius 2 is 1.80 bits per heavy atom. The summed E-state index contributed by atoms with van der Waals surface area (Å²) in [6.07, 6.45) is 9.45. The molecule has 0 spiro atoms. The number of nitrogens with one attached hydrogen (secondary N) is 1. The van der Waals surface area contributed by atoms with Crippen molar-refractivity contribution in [3.05, 3.63) is 34.9 Å². The number of ether oxygens (including phenoxy) is 2. The number of aryl methyl sites for hydroxylation is 1. The lowest BCUT2D eigenvalue weighted by Crippen LogP contribution is -2.46. The van der Waals surface area contributed by atoms with Crippen molar-refractivity contribution in [3.8, 4) is 0 Å². The molecule has 1 aliphatic carbocycles. The molecule has 1 aromatic carbocycles. The van der Waals surface area contributed by atoms with Crippen molar-refractivity contribution in [1.82, 2.24) is 10.2 Å². The molecule has 9 heteroatoms. The molecule has 0 bridgehead atoms. The van der Waals surface area contributed by atoms with Gasteiger partial charge in [-0.15, -0.1) is 0 Å². The van der Waals surface area contributed by atoms with Crippen LogP contribution in [-0.2, 0) is 20.9 Å². The first kappa shape index (κ1) is 36.3. The summed E-state index contributed by atoms with van der Waals surface area (Å²) in [7, 11) is 0. The van der Waals surface area contributed by atoms with Gasteiger partial charge in [0.2, 0.25) is 6.08 Å². The lowest BCUT2D eigenvalue weighted by atomic mass is 9.94. The number of carbonyl (C=O) groups excluding carboxylic acids is 2. The molecule has 1 fully saturated rings. The molecule has 1 aliphatic rings. The highest BCUT2D eigenvalue weighted by Gasteiger charge is 2.25. The van der Waals surface area contributed by atoms with Crippen LogP contribution in [0.5, 0.6) is 0 Å². The van der Waals surface area contributed by atoms with Crippen LogP contribution >= 0.6 is 0 Å². The molecule has 0 unspecified atom stereocenters. The van der Waals surface area contributed by atoms with Gasteiger partial charge in [-0.1, -0.05) is 65.7 Å². The van der Waals surface area contributed by atoms with Gasteiger partial charge in [0.05, 0.1) is 37.5 Å². The van der Waals surface area contributed by atoms with Gasteiger partial charge in [0, 0.05) is 19.6 Å². The van der Waals surface area contributed by atoms with Crippen molar-refractivity contribution >= 4 is 18.1 Å². The van der Waals surface area contributed by atoms with E-state index in [2.05, 4.69) is 44.9 Å². The average molecular weight is 576 g/mol. The fourth-order valence-electron chi connectivity index (χ4n) is 4.69. The Labute approximate surface area is 247 Å². The molecule has 0 aliphatic heterocycles. The fourth-order valence-corrected chi connectivity index (χ4v) is 4.69. The molecule has 41 heavy (non-hydrogen) atoms. The molecule has 0 heterocycles. The van der Waals surface area contributed by atoms with E-state index in [0.29, 0.717) is 43.9 Å². The Morgan fingerprint density at radius 1 is 1.12 bits per heavy atom. The second-order valence-electron chi connectivity index (χ2n) is 11.9. The molecular formula is C32H53N3O6. The number of nitrogens with zero attached hydrogens (tertiary/aromatic N) is 2. The molecule has 0 aromatic heterocycles. The van der Waals surface area contributed by atoms with Gasteiger partial charge in [-0.05, 0) is 62.0 Å². The standard InChI is InChI=1S/C27H44N2O5.C5H9NO/c1-6-7-14-28-26(32)29(19-27(3,4)5)15-16-33-22-12-9-13-23(17-22)34-18-21-11-8-10-20(2)24(21)25(30)31;1-2-3-4-6-5-7/h8,10-11,22-23H,6-7,9,12-19H2,1-5H3,(H,28,32)(H,30,31);2-4H2,1H3/t22-,23+;/m1./s1. The van der Waals surface area contributed by atoms with Gasteiger partial charge in [-0.25, -0.2) is 19.4 Å². The Bertz CT molecular complexity index is 955. The monoisotopic (exact) mass is 575 g/mol. The van der Waals surface area contributed by atoms with Crippen LogP contribution in [0, 0.1) is 12.3 Å². The van der Waals surface area contributed by atoms with Crippen molar-refractivity contribution < 1.29 is 29.0 Å². The minimum Gasteiger partial charge on any atom is -0.478 e. The van der Waals surface area contributed by atoms with E-state index < -0.39 is 5.97 Å². The van der Waals surface area contributed by atoms with E-state index in [1.165, 1.54) is 6.08 Å². The maximum atomic E-state index is 12.6. The summed E-state index contributed by atoms with van der Waals surface area (Å²) < 4.78 is 12.3. The molecule has 2 rings (SSSR count). The molecule has 2 amide bonds. The smallest absolute Gasteiger partial charge is 0.336 e. The zero-order valence-corrected chi connectivity index (χ0v) is 26.2. The topological polar surface area (TPSA) is 118 Å². The van der Waals surface area contributed by atoms with E-state index in [0.717, 1.165) is 56.9 Å². The number of hydrogen-bond acceptors (Lipinski definition) is 6. The number of aliphatic imine (C=N–C) groups is 1. The van der Waals surface area contributed by atoms with Crippen LogP contribution in [-0.4, -0.2) is 73.1 Å². The molecule has 0 radical (unpaired) electrons.